The van der Waals surface area contributed by atoms with Crippen LogP contribution in [0.1, 0.15) is 103 Å². The van der Waals surface area contributed by atoms with Gasteiger partial charge in [0.15, 0.2) is 0 Å². The number of anilines is 1. The quantitative estimate of drug-likeness (QED) is 0.0713. The molecule has 5 aromatic rings. The highest BCUT2D eigenvalue weighted by molar-refractivity contribution is 5.83. The van der Waals surface area contributed by atoms with Crippen molar-refractivity contribution in [2.24, 2.45) is 10.3 Å². The summed E-state index contributed by atoms with van der Waals surface area (Å²) in [7, 11) is 0. The van der Waals surface area contributed by atoms with Crippen LogP contribution in [-0.2, 0) is 17.6 Å². The number of amidine groups is 2. The smallest absolute Gasteiger partial charge is 0.337 e. The summed E-state index contributed by atoms with van der Waals surface area (Å²) in [6.45, 7) is 16.7. The van der Waals surface area contributed by atoms with Gasteiger partial charge in [0.2, 0.25) is 17.3 Å². The topological polar surface area (TPSA) is 225 Å². The van der Waals surface area contributed by atoms with E-state index in [4.69, 9.17) is 18.5 Å². The lowest BCUT2D eigenvalue weighted by molar-refractivity contribution is -0.130. The molecule has 0 atom stereocenters. The lowest BCUT2D eigenvalue weighted by Gasteiger charge is -2.37. The number of piperazine rings is 2. The van der Waals surface area contributed by atoms with E-state index in [-0.39, 0.29) is 45.9 Å². The van der Waals surface area contributed by atoms with Gasteiger partial charge in [0.05, 0.1) is 5.69 Å². The Labute approximate surface area is 386 Å². The molecule has 20 heteroatoms. The molecule has 2 fully saturated rings. The number of benzene rings is 1. The van der Waals surface area contributed by atoms with E-state index in [1.54, 1.807) is 17.9 Å². The summed E-state index contributed by atoms with van der Waals surface area (Å²) in [6, 6.07) is 7.68. The van der Waals surface area contributed by atoms with Crippen molar-refractivity contribution in [3.63, 3.8) is 0 Å². The van der Waals surface area contributed by atoms with E-state index in [1.165, 1.54) is 12.1 Å². The van der Waals surface area contributed by atoms with Crippen molar-refractivity contribution < 1.29 is 27.7 Å². The van der Waals surface area contributed by atoms with Gasteiger partial charge in [0, 0.05) is 84.3 Å². The van der Waals surface area contributed by atoms with Gasteiger partial charge in [-0.05, 0) is 74.3 Å². The predicted octanol–water partition coefficient (Wildman–Crippen LogP) is 5.86. The number of amides is 1. The van der Waals surface area contributed by atoms with Crippen LogP contribution in [0.4, 0.5) is 10.1 Å². The molecule has 0 unspecified atom stereocenters. The number of aromatic nitrogens is 4. The molecule has 360 valence electrons. The second kappa shape index (κ2) is 23.5. The Morgan fingerprint density at radius 3 is 1.54 bits per heavy atom. The van der Waals surface area contributed by atoms with Gasteiger partial charge in [0.1, 0.15) is 28.3 Å². The number of nitrogens with zero attached hydrogens (tertiary/aromatic N) is 8. The van der Waals surface area contributed by atoms with E-state index < -0.39 is 22.4 Å². The van der Waals surface area contributed by atoms with Gasteiger partial charge < -0.3 is 38.1 Å². The van der Waals surface area contributed by atoms with E-state index in [1.807, 2.05) is 51.7 Å². The molecule has 1 amide bonds. The monoisotopic (exact) mass is 928 g/mol. The highest BCUT2D eigenvalue weighted by Crippen LogP contribution is 2.23. The lowest BCUT2D eigenvalue weighted by atomic mass is 10.1. The van der Waals surface area contributed by atoms with Crippen molar-refractivity contribution in [1.29, 1.82) is 0 Å². The number of aryl methyl sites for hydroxylation is 3. The van der Waals surface area contributed by atoms with Gasteiger partial charge in [-0.25, -0.2) is 14.0 Å². The number of hydrogen-bond acceptors (Lipinski definition) is 14. The highest BCUT2D eigenvalue weighted by atomic mass is 19.1. The van der Waals surface area contributed by atoms with Crippen LogP contribution < -0.4 is 36.9 Å². The van der Waals surface area contributed by atoms with Crippen LogP contribution in [0, 0.1) is 12.7 Å². The number of hydrogen-bond donors (Lipinski definition) is 2. The molecule has 6 heterocycles. The first-order valence-corrected chi connectivity index (χ1v) is 23.2. The summed E-state index contributed by atoms with van der Waals surface area (Å²) in [5.41, 5.74) is 0.616. The number of carbonyl (C=O) groups is 1. The molecule has 2 saturated heterocycles. The maximum absolute atomic E-state index is 14.4. The number of aromatic amines is 2. The van der Waals surface area contributed by atoms with Gasteiger partial charge >= 0.3 is 23.3 Å². The molecule has 0 radical (unpaired) electrons. The zero-order valence-corrected chi connectivity index (χ0v) is 39.2. The summed E-state index contributed by atoms with van der Waals surface area (Å²) in [4.78, 5) is 93.3. The maximum Gasteiger partial charge on any atom is 0.337 e. The zero-order valence-electron chi connectivity index (χ0n) is 39.2. The third kappa shape index (κ3) is 12.9. The maximum atomic E-state index is 14.4. The summed E-state index contributed by atoms with van der Waals surface area (Å²) in [5.74, 6) is 1.27. The molecular formula is C47H61FN10O9. The Hall–Kier alpha value is -6.86. The van der Waals surface area contributed by atoms with Crippen molar-refractivity contribution in [3.05, 3.63) is 94.4 Å². The van der Waals surface area contributed by atoms with Gasteiger partial charge in [-0.3, -0.25) is 24.4 Å². The van der Waals surface area contributed by atoms with E-state index >= 15 is 0 Å². The van der Waals surface area contributed by atoms with Crippen LogP contribution in [-0.4, -0.2) is 105 Å². The van der Waals surface area contributed by atoms with Crippen LogP contribution in [0.25, 0.3) is 22.2 Å². The number of nitrogens with one attached hydrogen (secondary N) is 2. The second-order valence-electron chi connectivity index (χ2n) is 16.6. The van der Waals surface area contributed by atoms with E-state index in [9.17, 15) is 28.4 Å². The molecule has 0 saturated carbocycles. The molecule has 0 bridgehead atoms. The molecule has 19 nitrogen and oxygen atoms in total. The standard InChI is InChI=1S/C26H32FN5O4.C21H29N5O5/c1-4-6-8-18-16-22(33)35-25-23(18)24(34)28-26(29-25)36-30-21(7-5-2)32-13-11-31(12-14-32)20-10-9-17(3)15-19(20)27;1-4-6-8-15-13-17(28)30-20-18(15)19(29)22-21(23-20)31-24-16(7-5-2)26-11-9-25(10-12-26)14(3)27/h9-10,15-16H,4-8,11-14H2,1-3H3,(H,28,29,34);13H,4-12H2,1-3H3,(H,22,23,29)/b30-21-;24-16-. The second-order valence-corrected chi connectivity index (χ2v) is 16.6. The molecule has 7 rings (SSSR count). The predicted molar refractivity (Wildman–Crippen MR) is 254 cm³/mol. The normalized spacial score (nSPS) is 14.7. The Kier molecular flexibility index (Phi) is 17.4. The van der Waals surface area contributed by atoms with Crippen LogP contribution in [0.3, 0.4) is 0 Å². The van der Waals surface area contributed by atoms with Crippen LogP contribution in [0.15, 0.2) is 68.7 Å². The first-order chi connectivity index (χ1) is 32.3. The van der Waals surface area contributed by atoms with Gasteiger partial charge in [-0.15, -0.1) is 0 Å². The minimum atomic E-state index is -0.560. The highest BCUT2D eigenvalue weighted by Gasteiger charge is 2.24. The van der Waals surface area contributed by atoms with Crippen LogP contribution in [0.2, 0.25) is 0 Å². The first kappa shape index (κ1) is 49.6. The fourth-order valence-corrected chi connectivity index (χ4v) is 7.99. The van der Waals surface area contributed by atoms with E-state index in [0.29, 0.717) is 107 Å². The Bertz CT molecular complexity index is 2800. The minimum Gasteiger partial charge on any atom is -0.403 e. The number of rotatable bonds is 15. The van der Waals surface area contributed by atoms with Gasteiger partial charge in [-0.1, -0.05) is 56.9 Å². The minimum absolute atomic E-state index is 0.0559. The van der Waals surface area contributed by atoms with Crippen LogP contribution in [0.5, 0.6) is 12.0 Å². The molecule has 2 aliphatic heterocycles. The summed E-state index contributed by atoms with van der Waals surface area (Å²) < 4.78 is 24.7. The van der Waals surface area contributed by atoms with E-state index in [0.717, 1.165) is 44.1 Å². The largest absolute Gasteiger partial charge is 0.403 e. The van der Waals surface area contributed by atoms with Crippen molar-refractivity contribution in [2.75, 3.05) is 57.3 Å². The Balaban J connectivity index is 0.000000224. The molecule has 4 aromatic heterocycles. The average Bonchev–Trinajstić information content (AvgIpc) is 3.30. The molecule has 2 N–H and O–H groups in total. The van der Waals surface area contributed by atoms with Crippen molar-refractivity contribution >= 4 is 45.5 Å². The van der Waals surface area contributed by atoms with Crippen molar-refractivity contribution in [2.45, 2.75) is 106 Å². The number of unbranched alkanes of at least 4 members (excludes halogenated alkanes) is 2. The molecule has 0 aliphatic carbocycles. The number of fused-ring (bicyclic) bond motifs is 2. The molecule has 0 spiro atoms. The molecule has 1 aromatic carbocycles. The lowest BCUT2D eigenvalue weighted by Crippen LogP contribution is -2.50. The zero-order chi connectivity index (χ0) is 48.0. The van der Waals surface area contributed by atoms with Crippen molar-refractivity contribution in [1.82, 2.24) is 34.6 Å². The summed E-state index contributed by atoms with van der Waals surface area (Å²) >= 11 is 0. The fourth-order valence-electron chi connectivity index (χ4n) is 7.99. The third-order valence-electron chi connectivity index (χ3n) is 11.6. The van der Waals surface area contributed by atoms with Crippen molar-refractivity contribution in [3.8, 4) is 12.0 Å². The van der Waals surface area contributed by atoms with Gasteiger partial charge in [0.25, 0.3) is 11.1 Å². The molecular weight excluding hydrogens is 868 g/mol. The molecule has 2 aliphatic rings. The summed E-state index contributed by atoms with van der Waals surface area (Å²) in [6.07, 6.45) is 7.75. The summed E-state index contributed by atoms with van der Waals surface area (Å²) in [5, 5.41) is 9.00. The fraction of sp³-hybridized carbons (Fsp3) is 0.511. The first-order valence-electron chi connectivity index (χ1n) is 23.2. The average molecular weight is 929 g/mol. The SMILES string of the molecule is CCCCc1cc(=O)oc2nc(O/N=C(/CCC)N3CCN(C(C)=O)CC3)[nH]c(=O)c12.CCCCc1cc(=O)oc2nc(O/N=C(/CCC)N3CCN(c4ccc(C)cc4F)CC3)[nH]c(=O)c12. The number of H-pyrrole nitrogens is 2. The number of oxime groups is 2. The van der Waals surface area contributed by atoms with Gasteiger partial charge in [-0.2, -0.15) is 9.97 Å². The molecule has 67 heavy (non-hydrogen) atoms. The Morgan fingerprint density at radius 1 is 0.672 bits per heavy atom. The third-order valence-corrected chi connectivity index (χ3v) is 11.6. The van der Waals surface area contributed by atoms with Crippen LogP contribution >= 0.6 is 0 Å². The van der Waals surface area contributed by atoms with E-state index in [2.05, 4.69) is 40.0 Å². The number of halogens is 1. The Morgan fingerprint density at radius 2 is 1.12 bits per heavy atom. The number of carbonyl (C=O) groups excluding carboxylic acids is 1.